The number of para-hydroxylation sites is 1. The van der Waals surface area contributed by atoms with Gasteiger partial charge in [-0.05, 0) is 48.9 Å². The Bertz CT molecular complexity index is 1160. The number of sulfonamides is 1. The molecule has 1 amide bonds. The Morgan fingerprint density at radius 1 is 0.903 bits per heavy atom. The molecule has 6 nitrogen and oxygen atoms in total. The number of aryl methyl sites for hydroxylation is 1. The average molecular weight is 439 g/mol. The van der Waals surface area contributed by atoms with Crippen molar-refractivity contribution in [3.63, 3.8) is 0 Å². The molecular formula is C24H26N2O4S. The number of benzene rings is 3. The van der Waals surface area contributed by atoms with E-state index in [0.29, 0.717) is 17.8 Å². The minimum atomic E-state index is -3.81. The molecule has 0 heterocycles. The van der Waals surface area contributed by atoms with Crippen LogP contribution in [-0.4, -0.2) is 40.4 Å². The van der Waals surface area contributed by atoms with E-state index in [0.717, 1.165) is 21.2 Å². The summed E-state index contributed by atoms with van der Waals surface area (Å²) in [6.07, 6.45) is 0. The third kappa shape index (κ3) is 4.88. The van der Waals surface area contributed by atoms with E-state index in [4.69, 9.17) is 4.74 Å². The van der Waals surface area contributed by atoms with Crippen LogP contribution < -0.4 is 9.04 Å². The highest BCUT2D eigenvalue weighted by Crippen LogP contribution is 2.27. The summed E-state index contributed by atoms with van der Waals surface area (Å²) >= 11 is 0. The Morgan fingerprint density at radius 3 is 2.13 bits per heavy atom. The first-order valence-electron chi connectivity index (χ1n) is 9.77. The molecule has 3 aromatic rings. The molecule has 0 aliphatic heterocycles. The van der Waals surface area contributed by atoms with E-state index in [1.54, 1.807) is 67.6 Å². The van der Waals surface area contributed by atoms with Crippen molar-refractivity contribution in [2.75, 3.05) is 25.5 Å². The Morgan fingerprint density at radius 2 is 1.52 bits per heavy atom. The summed E-state index contributed by atoms with van der Waals surface area (Å²) in [6, 6.07) is 20.8. The van der Waals surface area contributed by atoms with Crippen LogP contribution in [0.15, 0.2) is 77.7 Å². The lowest BCUT2D eigenvalue weighted by atomic mass is 10.1. The summed E-state index contributed by atoms with van der Waals surface area (Å²) in [6.45, 7) is 2.28. The Balaban J connectivity index is 1.87. The monoisotopic (exact) mass is 438 g/mol. The van der Waals surface area contributed by atoms with Crippen molar-refractivity contribution in [2.45, 2.75) is 18.4 Å². The molecule has 0 fully saturated rings. The Labute approximate surface area is 183 Å². The van der Waals surface area contributed by atoms with Gasteiger partial charge in [0.25, 0.3) is 15.9 Å². The predicted octanol–water partition coefficient (Wildman–Crippen LogP) is 4.10. The number of amides is 1. The number of hydrogen-bond acceptors (Lipinski definition) is 4. The third-order valence-corrected chi connectivity index (χ3v) is 6.86. The van der Waals surface area contributed by atoms with E-state index >= 15 is 0 Å². The molecule has 0 radical (unpaired) electrons. The predicted molar refractivity (Wildman–Crippen MR) is 122 cm³/mol. The maximum absolute atomic E-state index is 13.2. The van der Waals surface area contributed by atoms with Gasteiger partial charge in [0.15, 0.2) is 0 Å². The van der Waals surface area contributed by atoms with Crippen molar-refractivity contribution >= 4 is 21.6 Å². The number of anilines is 1. The lowest BCUT2D eigenvalue weighted by molar-refractivity contribution is 0.0786. The first-order valence-corrected chi connectivity index (χ1v) is 11.2. The van der Waals surface area contributed by atoms with Crippen molar-refractivity contribution in [1.29, 1.82) is 0 Å². The highest BCUT2D eigenvalue weighted by molar-refractivity contribution is 7.92. The zero-order valence-electron chi connectivity index (χ0n) is 18.1. The number of ether oxygens (including phenoxy) is 1. The summed E-state index contributed by atoms with van der Waals surface area (Å²) in [5, 5.41) is 0. The molecule has 31 heavy (non-hydrogen) atoms. The summed E-state index contributed by atoms with van der Waals surface area (Å²) in [5.74, 6) is 0.475. The van der Waals surface area contributed by atoms with E-state index in [1.807, 2.05) is 31.2 Å². The van der Waals surface area contributed by atoms with Crippen LogP contribution in [0.25, 0.3) is 0 Å². The van der Waals surface area contributed by atoms with Crippen LogP contribution in [0.3, 0.4) is 0 Å². The van der Waals surface area contributed by atoms with Crippen molar-refractivity contribution in [3.05, 3.63) is 89.5 Å². The molecule has 0 saturated heterocycles. The van der Waals surface area contributed by atoms with Crippen LogP contribution in [0.4, 0.5) is 5.69 Å². The molecule has 3 rings (SSSR count). The maximum Gasteiger partial charge on any atom is 0.264 e. The Kier molecular flexibility index (Phi) is 6.65. The quantitative estimate of drug-likeness (QED) is 0.557. The fourth-order valence-corrected chi connectivity index (χ4v) is 4.42. The minimum absolute atomic E-state index is 0.175. The van der Waals surface area contributed by atoms with Crippen molar-refractivity contribution in [3.8, 4) is 5.75 Å². The molecule has 0 aliphatic rings. The summed E-state index contributed by atoms with van der Waals surface area (Å²) in [4.78, 5) is 14.9. The van der Waals surface area contributed by atoms with Crippen LogP contribution in [-0.2, 0) is 16.6 Å². The number of methoxy groups -OCH3 is 1. The third-order valence-electron chi connectivity index (χ3n) is 5.08. The fraction of sp³-hybridized carbons (Fsp3) is 0.208. The van der Waals surface area contributed by atoms with Crippen LogP contribution in [0.5, 0.6) is 5.75 Å². The van der Waals surface area contributed by atoms with Gasteiger partial charge in [0, 0.05) is 20.6 Å². The van der Waals surface area contributed by atoms with E-state index < -0.39 is 10.0 Å². The average Bonchev–Trinajstić information content (AvgIpc) is 2.78. The molecule has 0 unspecified atom stereocenters. The van der Waals surface area contributed by atoms with Gasteiger partial charge in [-0.3, -0.25) is 9.10 Å². The van der Waals surface area contributed by atoms with Gasteiger partial charge in [-0.1, -0.05) is 42.0 Å². The van der Waals surface area contributed by atoms with E-state index in [9.17, 15) is 13.2 Å². The second-order valence-electron chi connectivity index (χ2n) is 7.31. The summed E-state index contributed by atoms with van der Waals surface area (Å²) in [5.41, 5.74) is 2.55. The number of rotatable bonds is 7. The van der Waals surface area contributed by atoms with Crippen molar-refractivity contribution in [1.82, 2.24) is 4.90 Å². The van der Waals surface area contributed by atoms with Gasteiger partial charge in [0.2, 0.25) is 0 Å². The maximum atomic E-state index is 13.2. The number of hydrogen-bond donors (Lipinski definition) is 0. The zero-order valence-corrected chi connectivity index (χ0v) is 18.9. The number of carbonyl (C=O) groups excluding carboxylic acids is 1. The highest BCUT2D eigenvalue weighted by atomic mass is 32.2. The molecule has 0 aliphatic carbocycles. The molecule has 162 valence electrons. The molecule has 0 atom stereocenters. The molecule has 7 heteroatoms. The van der Waals surface area contributed by atoms with Crippen molar-refractivity contribution < 1.29 is 17.9 Å². The highest BCUT2D eigenvalue weighted by Gasteiger charge is 2.26. The largest absolute Gasteiger partial charge is 0.497 e. The van der Waals surface area contributed by atoms with Crippen LogP contribution in [0.1, 0.15) is 21.5 Å². The molecular weight excluding hydrogens is 412 g/mol. The SMILES string of the molecule is COc1ccc(CN(C)C(=O)c2ccccc2N(C)S(=O)(=O)c2ccc(C)cc2)cc1. The van der Waals surface area contributed by atoms with Gasteiger partial charge in [0.1, 0.15) is 5.75 Å². The van der Waals surface area contributed by atoms with Gasteiger partial charge in [0.05, 0.1) is 23.3 Å². The van der Waals surface area contributed by atoms with Crippen LogP contribution in [0, 0.1) is 6.92 Å². The second-order valence-corrected chi connectivity index (χ2v) is 9.28. The van der Waals surface area contributed by atoms with Crippen molar-refractivity contribution in [2.24, 2.45) is 0 Å². The lowest BCUT2D eigenvalue weighted by Gasteiger charge is -2.24. The van der Waals surface area contributed by atoms with E-state index in [-0.39, 0.29) is 10.8 Å². The molecule has 0 N–H and O–H groups in total. The second kappa shape index (κ2) is 9.22. The topological polar surface area (TPSA) is 66.9 Å². The first kappa shape index (κ1) is 22.4. The summed E-state index contributed by atoms with van der Waals surface area (Å²) in [7, 11) is 0.947. The molecule has 0 aromatic heterocycles. The molecule has 0 bridgehead atoms. The normalized spacial score (nSPS) is 11.1. The van der Waals surface area contributed by atoms with Gasteiger partial charge < -0.3 is 9.64 Å². The number of nitrogens with zero attached hydrogens (tertiary/aromatic N) is 2. The summed E-state index contributed by atoms with van der Waals surface area (Å²) < 4.78 is 32.6. The Hall–Kier alpha value is -3.32. The van der Waals surface area contributed by atoms with Gasteiger partial charge in [-0.25, -0.2) is 8.42 Å². The van der Waals surface area contributed by atoms with Crippen LogP contribution >= 0.6 is 0 Å². The smallest absolute Gasteiger partial charge is 0.264 e. The lowest BCUT2D eigenvalue weighted by Crippen LogP contribution is -2.31. The van der Waals surface area contributed by atoms with Gasteiger partial charge in [-0.2, -0.15) is 0 Å². The fourth-order valence-electron chi connectivity index (χ4n) is 3.21. The number of carbonyl (C=O) groups is 1. The van der Waals surface area contributed by atoms with E-state index in [1.165, 1.54) is 7.05 Å². The van der Waals surface area contributed by atoms with E-state index in [2.05, 4.69) is 0 Å². The van der Waals surface area contributed by atoms with Gasteiger partial charge in [-0.15, -0.1) is 0 Å². The van der Waals surface area contributed by atoms with Crippen LogP contribution in [0.2, 0.25) is 0 Å². The molecule has 3 aromatic carbocycles. The minimum Gasteiger partial charge on any atom is -0.497 e. The van der Waals surface area contributed by atoms with Gasteiger partial charge >= 0.3 is 0 Å². The molecule has 0 saturated carbocycles. The zero-order chi connectivity index (χ0) is 22.6. The standard InChI is InChI=1S/C24H26N2O4S/c1-18-9-15-21(16-10-18)31(28,29)26(3)23-8-6-5-7-22(23)24(27)25(2)17-19-11-13-20(30-4)14-12-19/h5-16H,17H2,1-4H3. The molecule has 0 spiro atoms. The first-order chi connectivity index (χ1) is 14.7.